The highest BCUT2D eigenvalue weighted by Gasteiger charge is 2.12. The van der Waals surface area contributed by atoms with E-state index in [4.69, 9.17) is 14.3 Å². The van der Waals surface area contributed by atoms with E-state index >= 15 is 0 Å². The first kappa shape index (κ1) is 13.2. The molecule has 0 aliphatic rings. The molecule has 0 radical (unpaired) electrons. The fraction of sp³-hybridized carbons (Fsp3) is 0.214. The van der Waals surface area contributed by atoms with Crippen LogP contribution in [-0.2, 0) is 0 Å². The predicted molar refractivity (Wildman–Crippen MR) is 71.4 cm³/mol. The van der Waals surface area contributed by atoms with Crippen LogP contribution < -0.4 is 10.4 Å². The van der Waals surface area contributed by atoms with Gasteiger partial charge in [0.2, 0.25) is 0 Å². The van der Waals surface area contributed by atoms with Crippen LogP contribution in [0.2, 0.25) is 0 Å². The molecule has 2 aromatic rings. The van der Waals surface area contributed by atoms with Gasteiger partial charge in [0.15, 0.2) is 0 Å². The van der Waals surface area contributed by atoms with E-state index in [1.54, 1.807) is 31.2 Å². The molecule has 2 N–H and O–H groups in total. The van der Waals surface area contributed by atoms with E-state index < -0.39 is 5.63 Å². The summed E-state index contributed by atoms with van der Waals surface area (Å²) in [4.78, 5) is 11.7. The molecule has 0 aliphatic heterocycles. The van der Waals surface area contributed by atoms with Crippen molar-refractivity contribution in [1.82, 2.24) is 0 Å². The second-order valence-corrected chi connectivity index (χ2v) is 3.88. The molecule has 0 saturated carbocycles. The van der Waals surface area contributed by atoms with Crippen LogP contribution in [0, 0.1) is 0 Å². The number of aliphatic hydroxyl groups excluding tert-OH is 1. The molecular weight excluding hydrogens is 248 g/mol. The van der Waals surface area contributed by atoms with Crippen LogP contribution in [0.4, 0.5) is 0 Å². The molecule has 0 aliphatic carbocycles. The van der Waals surface area contributed by atoms with Crippen LogP contribution in [-0.4, -0.2) is 23.4 Å². The topological polar surface area (TPSA) is 79.9 Å². The molecule has 5 heteroatoms. The van der Waals surface area contributed by atoms with E-state index in [1.807, 2.05) is 0 Å². The zero-order valence-corrected chi connectivity index (χ0v) is 10.4. The van der Waals surface area contributed by atoms with Crippen molar-refractivity contribution in [2.75, 3.05) is 13.2 Å². The second-order valence-electron chi connectivity index (χ2n) is 3.88. The van der Waals surface area contributed by atoms with E-state index in [9.17, 15) is 9.90 Å². The van der Waals surface area contributed by atoms with Crippen LogP contribution in [0.1, 0.15) is 12.5 Å². The highest BCUT2D eigenvalue weighted by atomic mass is 16.5. The molecule has 1 aromatic carbocycles. The molecule has 1 aromatic heterocycles. The van der Waals surface area contributed by atoms with E-state index in [-0.39, 0.29) is 30.1 Å². The lowest BCUT2D eigenvalue weighted by atomic mass is 10.1. The molecule has 100 valence electrons. The van der Waals surface area contributed by atoms with Gasteiger partial charge in [-0.1, -0.05) is 6.08 Å². The van der Waals surface area contributed by atoms with Crippen molar-refractivity contribution in [2.24, 2.45) is 0 Å². The summed E-state index contributed by atoms with van der Waals surface area (Å²) in [5, 5.41) is 19.2. The first-order chi connectivity index (χ1) is 9.17. The first-order valence-electron chi connectivity index (χ1n) is 5.83. The Balaban J connectivity index is 2.60. The monoisotopic (exact) mass is 262 g/mol. The van der Waals surface area contributed by atoms with Crippen LogP contribution >= 0.6 is 0 Å². The van der Waals surface area contributed by atoms with Crippen LogP contribution in [0.25, 0.3) is 17.0 Å². The summed E-state index contributed by atoms with van der Waals surface area (Å²) in [6, 6.07) is 4.72. The van der Waals surface area contributed by atoms with E-state index in [0.717, 1.165) is 0 Å². The Hall–Kier alpha value is -2.27. The summed E-state index contributed by atoms with van der Waals surface area (Å²) in [6.45, 7) is 1.80. The van der Waals surface area contributed by atoms with Crippen molar-refractivity contribution in [1.29, 1.82) is 0 Å². The maximum Gasteiger partial charge on any atom is 0.347 e. The smallest absolute Gasteiger partial charge is 0.347 e. The zero-order valence-electron chi connectivity index (χ0n) is 10.4. The minimum absolute atomic E-state index is 0.0995. The summed E-state index contributed by atoms with van der Waals surface area (Å²) in [7, 11) is 0. The van der Waals surface area contributed by atoms with E-state index in [1.165, 1.54) is 6.08 Å². The van der Waals surface area contributed by atoms with E-state index in [0.29, 0.717) is 11.1 Å². The van der Waals surface area contributed by atoms with Crippen molar-refractivity contribution in [2.45, 2.75) is 6.92 Å². The van der Waals surface area contributed by atoms with Gasteiger partial charge in [-0.15, -0.1) is 0 Å². The highest BCUT2D eigenvalue weighted by Crippen LogP contribution is 2.30. The van der Waals surface area contributed by atoms with Crippen molar-refractivity contribution >= 4 is 17.0 Å². The first-order valence-corrected chi connectivity index (χ1v) is 5.83. The molecular formula is C14H14O5. The lowest BCUT2D eigenvalue weighted by Gasteiger charge is -2.07. The Labute approximate surface area is 109 Å². The lowest BCUT2D eigenvalue weighted by Crippen LogP contribution is -2.04. The van der Waals surface area contributed by atoms with E-state index in [2.05, 4.69) is 0 Å². The number of hydrogen-bond donors (Lipinski definition) is 2. The molecule has 0 spiro atoms. The predicted octanol–water partition coefficient (Wildman–Crippen LogP) is 1.90. The largest absolute Gasteiger partial charge is 0.506 e. The van der Waals surface area contributed by atoms with Crippen molar-refractivity contribution in [3.63, 3.8) is 0 Å². The Bertz CT molecular complexity index is 669. The van der Waals surface area contributed by atoms with Gasteiger partial charge < -0.3 is 19.4 Å². The Kier molecular flexibility index (Phi) is 3.87. The summed E-state index contributed by atoms with van der Waals surface area (Å²) in [5.41, 5.74) is -0.200. The number of ether oxygens (including phenoxy) is 1. The number of benzene rings is 1. The van der Waals surface area contributed by atoms with Gasteiger partial charge in [-0.05, 0) is 31.2 Å². The van der Waals surface area contributed by atoms with Crippen LogP contribution in [0.3, 0.4) is 0 Å². The van der Waals surface area contributed by atoms with Gasteiger partial charge in [0.1, 0.15) is 29.3 Å². The van der Waals surface area contributed by atoms with Gasteiger partial charge in [0, 0.05) is 0 Å². The molecule has 0 saturated heterocycles. The molecule has 2 rings (SSSR count). The van der Waals surface area contributed by atoms with Gasteiger partial charge in [-0.2, -0.15) is 0 Å². The Morgan fingerprint density at radius 2 is 2.21 bits per heavy atom. The van der Waals surface area contributed by atoms with Crippen LogP contribution in [0.5, 0.6) is 11.5 Å². The van der Waals surface area contributed by atoms with Gasteiger partial charge >= 0.3 is 5.63 Å². The molecule has 0 unspecified atom stereocenters. The zero-order chi connectivity index (χ0) is 13.8. The van der Waals surface area contributed by atoms with Crippen molar-refractivity contribution in [3.8, 4) is 11.5 Å². The standard InChI is InChI=1S/C14H14O5/c1-2-3-10-13(16)11-8-9(18-7-6-15)4-5-12(11)19-14(10)17/h2-5,8,15-16H,6-7H2,1H3. The maximum absolute atomic E-state index is 11.7. The highest BCUT2D eigenvalue weighted by molar-refractivity contribution is 5.87. The molecule has 19 heavy (non-hydrogen) atoms. The van der Waals surface area contributed by atoms with Gasteiger partial charge in [-0.3, -0.25) is 0 Å². The number of rotatable bonds is 4. The van der Waals surface area contributed by atoms with Crippen molar-refractivity contribution in [3.05, 3.63) is 40.3 Å². The third-order valence-electron chi connectivity index (χ3n) is 2.58. The van der Waals surface area contributed by atoms with Crippen LogP contribution in [0.15, 0.2) is 33.5 Å². The number of hydrogen-bond acceptors (Lipinski definition) is 5. The molecule has 0 atom stereocenters. The normalized spacial score (nSPS) is 11.3. The second kappa shape index (κ2) is 5.58. The average Bonchev–Trinajstić information content (AvgIpc) is 2.41. The average molecular weight is 262 g/mol. The molecule has 0 fully saturated rings. The number of aromatic hydroxyl groups is 1. The van der Waals surface area contributed by atoms with Gasteiger partial charge in [-0.25, -0.2) is 4.79 Å². The number of allylic oxidation sites excluding steroid dienone is 1. The molecule has 0 amide bonds. The fourth-order valence-corrected chi connectivity index (χ4v) is 1.75. The fourth-order valence-electron chi connectivity index (χ4n) is 1.75. The Morgan fingerprint density at radius 3 is 2.89 bits per heavy atom. The SMILES string of the molecule is CC=Cc1c(O)c2cc(OCCO)ccc2oc1=O. The molecule has 5 nitrogen and oxygen atoms in total. The summed E-state index contributed by atoms with van der Waals surface area (Å²) in [6.07, 6.45) is 3.13. The number of fused-ring (bicyclic) bond motifs is 1. The van der Waals surface area contributed by atoms with Crippen molar-refractivity contribution < 1.29 is 19.4 Å². The summed E-state index contributed by atoms with van der Waals surface area (Å²) >= 11 is 0. The third kappa shape index (κ3) is 2.61. The third-order valence-corrected chi connectivity index (χ3v) is 2.58. The summed E-state index contributed by atoms with van der Waals surface area (Å²) < 4.78 is 10.4. The Morgan fingerprint density at radius 1 is 1.42 bits per heavy atom. The quantitative estimate of drug-likeness (QED) is 0.823. The molecule has 0 bridgehead atoms. The van der Waals surface area contributed by atoms with Gasteiger partial charge in [0.05, 0.1) is 12.0 Å². The number of aliphatic hydroxyl groups is 1. The lowest BCUT2D eigenvalue weighted by molar-refractivity contribution is 0.201. The minimum Gasteiger partial charge on any atom is -0.506 e. The summed E-state index contributed by atoms with van der Waals surface area (Å²) in [5.74, 6) is 0.343. The van der Waals surface area contributed by atoms with Gasteiger partial charge in [0.25, 0.3) is 0 Å². The molecule has 1 heterocycles. The minimum atomic E-state index is -0.591. The maximum atomic E-state index is 11.7.